The Hall–Kier alpha value is -1.09. The third kappa shape index (κ3) is 1.98. The maximum absolute atomic E-state index is 4.03. The number of nitrogens with zero attached hydrogens (tertiary/aromatic N) is 2. The van der Waals surface area contributed by atoms with Crippen LogP contribution in [0.25, 0.3) is 0 Å². The van der Waals surface area contributed by atoms with Crippen LogP contribution in [-0.4, -0.2) is 10.6 Å². The summed E-state index contributed by atoms with van der Waals surface area (Å²) >= 11 is 0. The summed E-state index contributed by atoms with van der Waals surface area (Å²) in [4.78, 5) is 0. The molecule has 0 bridgehead atoms. The SMILES string of the molecule is CC1=NN=C[SH]1Cc1ccccc1. The largest absolute Gasteiger partial charge is 0.169 e. The molecule has 1 aliphatic heterocycles. The van der Waals surface area contributed by atoms with Gasteiger partial charge in [0.15, 0.2) is 0 Å². The van der Waals surface area contributed by atoms with Gasteiger partial charge in [0.25, 0.3) is 0 Å². The molecule has 68 valence electrons. The van der Waals surface area contributed by atoms with Crippen molar-refractivity contribution in [1.82, 2.24) is 0 Å². The lowest BCUT2D eigenvalue weighted by Crippen LogP contribution is -1.94. The summed E-state index contributed by atoms with van der Waals surface area (Å²) in [6, 6.07) is 10.5. The highest BCUT2D eigenvalue weighted by molar-refractivity contribution is 8.39. The van der Waals surface area contributed by atoms with E-state index in [1.54, 1.807) is 0 Å². The molecule has 1 unspecified atom stereocenters. The van der Waals surface area contributed by atoms with Crippen molar-refractivity contribution in [3.05, 3.63) is 35.9 Å². The van der Waals surface area contributed by atoms with E-state index in [4.69, 9.17) is 0 Å². The predicted molar refractivity (Wildman–Crippen MR) is 60.7 cm³/mol. The molecule has 0 saturated heterocycles. The minimum absolute atomic E-state index is 0.224. The van der Waals surface area contributed by atoms with Gasteiger partial charge in [-0.2, -0.15) is 16.0 Å². The molecule has 1 aromatic carbocycles. The molecule has 0 aromatic heterocycles. The molecule has 2 rings (SSSR count). The Balaban J connectivity index is 2.07. The van der Waals surface area contributed by atoms with Crippen LogP contribution in [0.1, 0.15) is 12.5 Å². The molecule has 0 spiro atoms. The highest BCUT2D eigenvalue weighted by Gasteiger charge is 2.09. The van der Waals surface area contributed by atoms with Crippen LogP contribution < -0.4 is 0 Å². The van der Waals surface area contributed by atoms with E-state index in [1.807, 2.05) is 11.6 Å². The first kappa shape index (κ1) is 8.51. The van der Waals surface area contributed by atoms with Gasteiger partial charge >= 0.3 is 0 Å². The van der Waals surface area contributed by atoms with E-state index in [-0.39, 0.29) is 10.9 Å². The molecule has 0 saturated carbocycles. The van der Waals surface area contributed by atoms with Gasteiger partial charge in [0.1, 0.15) is 0 Å². The molecule has 0 amide bonds. The molecule has 0 fully saturated rings. The highest BCUT2D eigenvalue weighted by atomic mass is 32.2. The smallest absolute Gasteiger partial charge is 0.0784 e. The van der Waals surface area contributed by atoms with Gasteiger partial charge in [-0.15, -0.1) is 5.10 Å². The van der Waals surface area contributed by atoms with Crippen LogP contribution in [0.2, 0.25) is 0 Å². The average molecular weight is 192 g/mol. The first-order chi connectivity index (χ1) is 6.36. The third-order valence-electron chi connectivity index (χ3n) is 2.00. The Labute approximate surface area is 80.7 Å². The normalized spacial score (nSPS) is 23.2. The van der Waals surface area contributed by atoms with Gasteiger partial charge in [-0.1, -0.05) is 30.3 Å². The van der Waals surface area contributed by atoms with Gasteiger partial charge in [-0.25, -0.2) is 0 Å². The van der Waals surface area contributed by atoms with Crippen molar-refractivity contribution >= 4 is 21.5 Å². The summed E-state index contributed by atoms with van der Waals surface area (Å²) in [5.41, 5.74) is 3.36. The van der Waals surface area contributed by atoms with Crippen LogP contribution >= 0.6 is 10.9 Å². The van der Waals surface area contributed by atoms with Crippen molar-refractivity contribution < 1.29 is 0 Å². The topological polar surface area (TPSA) is 24.7 Å². The molecular weight excluding hydrogens is 180 g/mol. The van der Waals surface area contributed by atoms with Crippen LogP contribution in [0.3, 0.4) is 0 Å². The Morgan fingerprint density at radius 2 is 2.00 bits per heavy atom. The Bertz CT molecular complexity index is 343. The maximum Gasteiger partial charge on any atom is 0.0784 e. The van der Waals surface area contributed by atoms with E-state index in [9.17, 15) is 0 Å². The van der Waals surface area contributed by atoms with Gasteiger partial charge in [-0.05, 0) is 12.5 Å². The van der Waals surface area contributed by atoms with Crippen molar-refractivity contribution in [1.29, 1.82) is 0 Å². The summed E-state index contributed by atoms with van der Waals surface area (Å²) < 4.78 is 0. The lowest BCUT2D eigenvalue weighted by molar-refractivity contribution is 1.28. The molecule has 1 atom stereocenters. The van der Waals surface area contributed by atoms with Crippen molar-refractivity contribution in [2.45, 2.75) is 12.7 Å². The molecule has 0 radical (unpaired) electrons. The van der Waals surface area contributed by atoms with Crippen molar-refractivity contribution in [2.24, 2.45) is 10.2 Å². The van der Waals surface area contributed by atoms with Crippen LogP contribution in [0.5, 0.6) is 0 Å². The fourth-order valence-electron chi connectivity index (χ4n) is 1.25. The predicted octanol–water partition coefficient (Wildman–Crippen LogP) is 2.56. The third-order valence-corrected chi connectivity index (χ3v) is 4.01. The second-order valence-corrected chi connectivity index (χ2v) is 5.13. The Morgan fingerprint density at radius 1 is 1.23 bits per heavy atom. The highest BCUT2D eigenvalue weighted by Crippen LogP contribution is 2.32. The van der Waals surface area contributed by atoms with E-state index in [0.29, 0.717) is 0 Å². The van der Waals surface area contributed by atoms with Gasteiger partial charge in [-0.3, -0.25) is 0 Å². The van der Waals surface area contributed by atoms with E-state index < -0.39 is 0 Å². The quantitative estimate of drug-likeness (QED) is 0.697. The summed E-state index contributed by atoms with van der Waals surface area (Å²) in [6.07, 6.45) is 0. The zero-order valence-electron chi connectivity index (χ0n) is 7.51. The fraction of sp³-hybridized carbons (Fsp3) is 0.200. The van der Waals surface area contributed by atoms with Gasteiger partial charge in [0.05, 0.1) is 10.6 Å². The van der Waals surface area contributed by atoms with E-state index >= 15 is 0 Å². The number of benzene rings is 1. The minimum Gasteiger partial charge on any atom is -0.169 e. The molecule has 0 N–H and O–H groups in total. The van der Waals surface area contributed by atoms with E-state index in [2.05, 4.69) is 41.4 Å². The second-order valence-electron chi connectivity index (χ2n) is 2.99. The minimum atomic E-state index is -0.224. The lowest BCUT2D eigenvalue weighted by atomic mass is 10.2. The van der Waals surface area contributed by atoms with Crippen molar-refractivity contribution in [3.63, 3.8) is 0 Å². The standard InChI is InChI=1S/C10H12N2S/c1-9-12-11-8-13(9)7-10-5-3-2-4-6-10/h2-6,8,13H,7H2,1H3. The molecule has 13 heavy (non-hydrogen) atoms. The molecule has 2 nitrogen and oxygen atoms in total. The summed E-state index contributed by atoms with van der Waals surface area (Å²) in [7, 11) is -0.224. The van der Waals surface area contributed by atoms with Crippen LogP contribution in [0.15, 0.2) is 40.5 Å². The number of hydrogen-bond acceptors (Lipinski definition) is 2. The van der Waals surface area contributed by atoms with Crippen molar-refractivity contribution in [3.8, 4) is 0 Å². The zero-order chi connectivity index (χ0) is 9.10. The Kier molecular flexibility index (Phi) is 2.45. The molecule has 1 heterocycles. The van der Waals surface area contributed by atoms with Crippen LogP contribution in [0.4, 0.5) is 0 Å². The second kappa shape index (κ2) is 3.75. The molecule has 0 aliphatic carbocycles. The first-order valence-corrected chi connectivity index (χ1v) is 5.84. The van der Waals surface area contributed by atoms with Gasteiger partial charge in [0.2, 0.25) is 0 Å². The van der Waals surface area contributed by atoms with E-state index in [1.165, 1.54) is 10.6 Å². The average Bonchev–Trinajstić information content (AvgIpc) is 2.54. The summed E-state index contributed by atoms with van der Waals surface area (Å²) in [5, 5.41) is 9.14. The van der Waals surface area contributed by atoms with Gasteiger partial charge in [0, 0.05) is 5.75 Å². The van der Waals surface area contributed by atoms with Gasteiger partial charge < -0.3 is 0 Å². The molecular formula is C10H12N2S. The van der Waals surface area contributed by atoms with E-state index in [0.717, 1.165) is 5.75 Å². The van der Waals surface area contributed by atoms with Crippen LogP contribution in [0, 0.1) is 0 Å². The fourth-order valence-corrected chi connectivity index (χ4v) is 2.67. The summed E-state index contributed by atoms with van der Waals surface area (Å²) in [5.74, 6) is 1.08. The molecule has 1 aliphatic rings. The van der Waals surface area contributed by atoms with Crippen molar-refractivity contribution in [2.75, 3.05) is 0 Å². The maximum atomic E-state index is 4.03. The molecule has 1 aromatic rings. The molecule has 3 heteroatoms. The number of thiol groups is 1. The lowest BCUT2D eigenvalue weighted by Gasteiger charge is -2.10. The monoisotopic (exact) mass is 192 g/mol. The number of hydrogen-bond donors (Lipinski definition) is 1. The first-order valence-electron chi connectivity index (χ1n) is 4.24. The number of rotatable bonds is 2. The Morgan fingerprint density at radius 3 is 2.62 bits per heavy atom. The zero-order valence-corrected chi connectivity index (χ0v) is 8.41. The van der Waals surface area contributed by atoms with Crippen LogP contribution in [-0.2, 0) is 5.75 Å². The summed E-state index contributed by atoms with van der Waals surface area (Å²) in [6.45, 7) is 2.06.